The van der Waals surface area contributed by atoms with Crippen molar-refractivity contribution in [1.82, 2.24) is 4.90 Å². The molecule has 2 rings (SSSR count). The predicted molar refractivity (Wildman–Crippen MR) is 85.2 cm³/mol. The number of carboxylic acids is 1. The number of methoxy groups -OCH3 is 1. The molecule has 22 heavy (non-hydrogen) atoms. The van der Waals surface area contributed by atoms with E-state index in [1.807, 2.05) is 31.2 Å². The fraction of sp³-hybridized carbons (Fsp3) is 0.500. The van der Waals surface area contributed by atoms with Crippen LogP contribution in [0.3, 0.4) is 0 Å². The molecule has 1 N–H and O–H groups in total. The number of hydrogen-bond acceptors (Lipinski definition) is 4. The summed E-state index contributed by atoms with van der Waals surface area (Å²) in [6.07, 6.45) is 0.641. The summed E-state index contributed by atoms with van der Waals surface area (Å²) in [7, 11) is 1.61. The molecule has 120 valence electrons. The summed E-state index contributed by atoms with van der Waals surface area (Å²) in [5.74, 6) is 0.0206. The molecule has 0 spiro atoms. The molecule has 0 saturated carbocycles. The largest absolute Gasteiger partial charge is 0.497 e. The number of benzene rings is 1. The Morgan fingerprint density at radius 2 is 2.18 bits per heavy atom. The van der Waals surface area contributed by atoms with Crippen molar-refractivity contribution < 1.29 is 19.4 Å². The number of hydrogen-bond donors (Lipinski definition) is 1. The molecule has 1 aliphatic heterocycles. The van der Waals surface area contributed by atoms with Crippen LogP contribution in [0.2, 0.25) is 0 Å². The monoisotopic (exact) mass is 323 g/mol. The zero-order valence-corrected chi connectivity index (χ0v) is 13.6. The molecule has 1 fully saturated rings. The van der Waals surface area contributed by atoms with Crippen molar-refractivity contribution >= 4 is 23.6 Å². The minimum atomic E-state index is -0.815. The van der Waals surface area contributed by atoms with E-state index < -0.39 is 11.9 Å². The van der Waals surface area contributed by atoms with Crippen molar-refractivity contribution in [3.63, 3.8) is 0 Å². The van der Waals surface area contributed by atoms with E-state index >= 15 is 0 Å². The van der Waals surface area contributed by atoms with Gasteiger partial charge in [-0.25, -0.2) is 0 Å². The molecule has 1 amide bonds. The van der Waals surface area contributed by atoms with Gasteiger partial charge in [0.05, 0.1) is 18.8 Å². The summed E-state index contributed by atoms with van der Waals surface area (Å²) in [4.78, 5) is 26.1. The number of carboxylic acid groups (broad SMARTS) is 1. The quantitative estimate of drug-likeness (QED) is 0.843. The Balaban J connectivity index is 1.92. The highest BCUT2D eigenvalue weighted by Gasteiger charge is 2.31. The maximum atomic E-state index is 12.3. The highest BCUT2D eigenvalue weighted by molar-refractivity contribution is 8.00. The van der Waals surface area contributed by atoms with Gasteiger partial charge in [0.25, 0.3) is 0 Å². The van der Waals surface area contributed by atoms with Crippen molar-refractivity contribution in [2.45, 2.75) is 18.2 Å². The van der Waals surface area contributed by atoms with Gasteiger partial charge >= 0.3 is 5.97 Å². The van der Waals surface area contributed by atoms with E-state index in [9.17, 15) is 9.59 Å². The zero-order valence-electron chi connectivity index (χ0n) is 12.8. The van der Waals surface area contributed by atoms with E-state index in [0.29, 0.717) is 25.3 Å². The number of ether oxygens (including phenoxy) is 1. The molecule has 1 heterocycles. The Hall–Kier alpha value is -1.69. The van der Waals surface area contributed by atoms with Crippen molar-refractivity contribution in [2.24, 2.45) is 11.8 Å². The molecule has 5 nitrogen and oxygen atoms in total. The van der Waals surface area contributed by atoms with E-state index in [4.69, 9.17) is 9.84 Å². The predicted octanol–water partition coefficient (Wildman–Crippen LogP) is 2.36. The Bertz CT molecular complexity index is 549. The molecular formula is C16H21NO4S. The Kier molecular flexibility index (Phi) is 5.71. The Labute approximate surface area is 134 Å². The van der Waals surface area contributed by atoms with Crippen LogP contribution in [0.4, 0.5) is 0 Å². The van der Waals surface area contributed by atoms with Gasteiger partial charge in [0, 0.05) is 18.0 Å². The fourth-order valence-electron chi connectivity index (χ4n) is 2.66. The van der Waals surface area contributed by atoms with Crippen molar-refractivity contribution in [3.8, 4) is 5.75 Å². The van der Waals surface area contributed by atoms with Crippen LogP contribution >= 0.6 is 11.8 Å². The Morgan fingerprint density at radius 3 is 2.86 bits per heavy atom. The number of thioether (sulfide) groups is 1. The van der Waals surface area contributed by atoms with Crippen LogP contribution in [-0.2, 0) is 9.59 Å². The first-order chi connectivity index (χ1) is 10.5. The van der Waals surface area contributed by atoms with Gasteiger partial charge in [-0.15, -0.1) is 11.8 Å². The average Bonchev–Trinajstić information content (AvgIpc) is 2.52. The smallest absolute Gasteiger partial charge is 0.308 e. The molecule has 1 saturated heterocycles. The summed E-state index contributed by atoms with van der Waals surface area (Å²) >= 11 is 1.44. The lowest BCUT2D eigenvalue weighted by atomic mass is 9.90. The number of carbonyl (C=O) groups excluding carboxylic acids is 1. The third-order valence-electron chi connectivity index (χ3n) is 3.77. The summed E-state index contributed by atoms with van der Waals surface area (Å²) in [6.45, 7) is 2.95. The van der Waals surface area contributed by atoms with Crippen LogP contribution in [0.25, 0.3) is 0 Å². The molecule has 1 aromatic carbocycles. The number of amides is 1. The second-order valence-electron chi connectivity index (χ2n) is 5.64. The van der Waals surface area contributed by atoms with Crippen molar-refractivity contribution in [3.05, 3.63) is 24.3 Å². The molecule has 1 aliphatic rings. The van der Waals surface area contributed by atoms with Gasteiger partial charge in [-0.1, -0.05) is 13.0 Å². The number of nitrogens with zero attached hydrogens (tertiary/aromatic N) is 1. The second kappa shape index (κ2) is 7.54. The zero-order chi connectivity index (χ0) is 16.1. The number of likely N-dealkylation sites (tertiary alicyclic amines) is 1. The SMILES string of the molecule is COc1cccc(SCC(=O)N2CC(C)CC(C(=O)O)C2)c1. The first-order valence-electron chi connectivity index (χ1n) is 7.27. The molecule has 0 radical (unpaired) electrons. The molecule has 2 unspecified atom stereocenters. The summed E-state index contributed by atoms with van der Waals surface area (Å²) in [5.41, 5.74) is 0. The number of carbonyl (C=O) groups is 2. The molecule has 0 aromatic heterocycles. The first-order valence-corrected chi connectivity index (χ1v) is 8.25. The van der Waals surface area contributed by atoms with Gasteiger partial charge in [0.15, 0.2) is 0 Å². The minimum absolute atomic E-state index is 0.00869. The summed E-state index contributed by atoms with van der Waals surface area (Å²) < 4.78 is 5.16. The number of rotatable bonds is 5. The average molecular weight is 323 g/mol. The topological polar surface area (TPSA) is 66.8 Å². The number of aliphatic carboxylic acids is 1. The molecular weight excluding hydrogens is 302 g/mol. The third kappa shape index (κ3) is 4.40. The highest BCUT2D eigenvalue weighted by Crippen LogP contribution is 2.25. The maximum absolute atomic E-state index is 12.3. The van der Waals surface area contributed by atoms with E-state index in [0.717, 1.165) is 10.6 Å². The van der Waals surface area contributed by atoms with E-state index in [1.165, 1.54) is 11.8 Å². The van der Waals surface area contributed by atoms with Gasteiger partial charge in [0.1, 0.15) is 5.75 Å². The summed E-state index contributed by atoms with van der Waals surface area (Å²) in [5, 5.41) is 9.16. The van der Waals surface area contributed by atoms with Gasteiger partial charge in [-0.3, -0.25) is 9.59 Å². The van der Waals surface area contributed by atoms with Crippen LogP contribution in [0, 0.1) is 11.8 Å². The molecule has 6 heteroatoms. The van der Waals surface area contributed by atoms with Gasteiger partial charge in [-0.05, 0) is 30.5 Å². The van der Waals surface area contributed by atoms with Gasteiger partial charge in [-0.2, -0.15) is 0 Å². The highest BCUT2D eigenvalue weighted by atomic mass is 32.2. The van der Waals surface area contributed by atoms with E-state index in [-0.39, 0.29) is 11.8 Å². The summed E-state index contributed by atoms with van der Waals surface area (Å²) in [6, 6.07) is 7.56. The van der Waals surface area contributed by atoms with Gasteiger partial charge < -0.3 is 14.7 Å². The van der Waals surface area contributed by atoms with Crippen molar-refractivity contribution in [1.29, 1.82) is 0 Å². The van der Waals surface area contributed by atoms with Crippen LogP contribution in [-0.4, -0.2) is 47.8 Å². The lowest BCUT2D eigenvalue weighted by Gasteiger charge is -2.34. The normalized spacial score (nSPS) is 21.5. The first kappa shape index (κ1) is 16.7. The van der Waals surface area contributed by atoms with Crippen LogP contribution in [0.15, 0.2) is 29.2 Å². The van der Waals surface area contributed by atoms with Crippen molar-refractivity contribution in [2.75, 3.05) is 26.0 Å². The lowest BCUT2D eigenvalue weighted by Crippen LogP contribution is -2.46. The molecule has 0 bridgehead atoms. The van der Waals surface area contributed by atoms with Gasteiger partial charge in [0.2, 0.25) is 5.91 Å². The fourth-order valence-corrected chi connectivity index (χ4v) is 3.51. The molecule has 0 aliphatic carbocycles. The van der Waals surface area contributed by atoms with Crippen LogP contribution in [0.5, 0.6) is 5.75 Å². The third-order valence-corrected chi connectivity index (χ3v) is 4.74. The van der Waals surface area contributed by atoms with E-state index in [2.05, 4.69) is 0 Å². The maximum Gasteiger partial charge on any atom is 0.308 e. The standard InChI is InChI=1S/C16H21NO4S/c1-11-6-12(16(19)20)9-17(8-11)15(18)10-22-14-5-3-4-13(7-14)21-2/h3-5,7,11-12H,6,8-10H2,1-2H3,(H,19,20). The minimum Gasteiger partial charge on any atom is -0.497 e. The van der Waals surface area contributed by atoms with Crippen LogP contribution < -0.4 is 4.74 Å². The molecule has 1 aromatic rings. The Morgan fingerprint density at radius 1 is 1.41 bits per heavy atom. The number of piperidine rings is 1. The molecule has 2 atom stereocenters. The van der Waals surface area contributed by atoms with E-state index in [1.54, 1.807) is 12.0 Å². The lowest BCUT2D eigenvalue weighted by molar-refractivity contribution is -0.146. The van der Waals surface area contributed by atoms with Crippen LogP contribution in [0.1, 0.15) is 13.3 Å². The second-order valence-corrected chi connectivity index (χ2v) is 6.69.